The monoisotopic (exact) mass is 485 g/mol. The molecule has 4 heterocycles. The molecule has 0 aliphatic rings. The first-order chi connectivity index (χ1) is 16.8. The molecule has 0 unspecified atom stereocenters. The first-order valence-electron chi connectivity index (χ1n) is 10.4. The average molecular weight is 486 g/mol. The second-order valence-corrected chi connectivity index (χ2v) is 8.75. The maximum atomic E-state index is 13.3. The number of para-hydroxylation sites is 1. The van der Waals surface area contributed by atoms with Crippen molar-refractivity contribution in [2.75, 3.05) is 16.8 Å². The number of carbonyl (C=O) groups is 1. The van der Waals surface area contributed by atoms with Crippen LogP contribution in [0.15, 0.2) is 57.9 Å². The number of rotatable bonds is 4. The van der Waals surface area contributed by atoms with Gasteiger partial charge in [0.25, 0.3) is 11.5 Å². The summed E-state index contributed by atoms with van der Waals surface area (Å²) in [7, 11) is 1.74. The van der Waals surface area contributed by atoms with Crippen molar-refractivity contribution in [3.8, 4) is 23.1 Å². The lowest BCUT2D eigenvalue weighted by Gasteiger charge is -2.07. The third-order valence-electron chi connectivity index (χ3n) is 5.78. The van der Waals surface area contributed by atoms with Gasteiger partial charge in [-0.1, -0.05) is 18.2 Å². The number of nitrogens with zero attached hydrogens (tertiary/aromatic N) is 4. The molecule has 0 aliphatic heterocycles. The van der Waals surface area contributed by atoms with Crippen LogP contribution in [-0.4, -0.2) is 20.3 Å². The molecule has 5 N–H and O–H groups in total. The van der Waals surface area contributed by atoms with E-state index < -0.39 is 5.91 Å². The summed E-state index contributed by atoms with van der Waals surface area (Å²) < 4.78 is 8.63. The summed E-state index contributed by atoms with van der Waals surface area (Å²) in [5.41, 5.74) is 14.0. The van der Waals surface area contributed by atoms with E-state index in [1.165, 1.54) is 10.9 Å². The van der Waals surface area contributed by atoms with E-state index in [0.29, 0.717) is 32.9 Å². The summed E-state index contributed by atoms with van der Waals surface area (Å²) in [5.74, 6) is -0.190. The van der Waals surface area contributed by atoms with Crippen LogP contribution in [0.2, 0.25) is 0 Å². The zero-order valence-electron chi connectivity index (χ0n) is 18.7. The van der Waals surface area contributed by atoms with Gasteiger partial charge in [0.1, 0.15) is 38.6 Å². The summed E-state index contributed by atoms with van der Waals surface area (Å²) in [4.78, 5) is 31.3. The van der Waals surface area contributed by atoms with Crippen LogP contribution in [0.3, 0.4) is 0 Å². The van der Waals surface area contributed by atoms with Gasteiger partial charge in [-0.15, -0.1) is 11.3 Å². The number of nitriles is 1. The van der Waals surface area contributed by atoms with E-state index >= 15 is 0 Å². The predicted octanol–water partition coefficient (Wildman–Crippen LogP) is 3.64. The van der Waals surface area contributed by atoms with Gasteiger partial charge in [-0.2, -0.15) is 5.26 Å². The topological polar surface area (TPSA) is 158 Å². The molecule has 174 valence electrons. The Bertz CT molecular complexity index is 1700. The Kier molecular flexibility index (Phi) is 5.15. The van der Waals surface area contributed by atoms with Gasteiger partial charge in [-0.05, 0) is 31.2 Å². The summed E-state index contributed by atoms with van der Waals surface area (Å²) in [6.45, 7) is 1.74. The Morgan fingerprint density at radius 3 is 2.60 bits per heavy atom. The number of nitrogens with two attached hydrogens (primary N) is 2. The molecule has 0 radical (unpaired) electrons. The SMILES string of the molecule is Cc1c(NC(=O)c2sc3nc(N)c(C#N)c(-c4ccco4)c3c2N)c(=O)n(-c2ccccc2)n1C. The van der Waals surface area contributed by atoms with Crippen LogP contribution in [0.25, 0.3) is 27.2 Å². The highest BCUT2D eigenvalue weighted by Gasteiger charge is 2.27. The Hall–Kier alpha value is -4.82. The number of pyridine rings is 1. The third kappa shape index (κ3) is 3.35. The summed E-state index contributed by atoms with van der Waals surface area (Å²) in [6, 6.07) is 14.5. The quantitative estimate of drug-likeness (QED) is 0.350. The number of carbonyl (C=O) groups excluding carboxylic acids is 1. The van der Waals surface area contributed by atoms with Crippen molar-refractivity contribution in [2.24, 2.45) is 7.05 Å². The highest BCUT2D eigenvalue weighted by Crippen LogP contribution is 2.42. The van der Waals surface area contributed by atoms with Gasteiger partial charge in [0, 0.05) is 12.4 Å². The van der Waals surface area contributed by atoms with E-state index in [2.05, 4.69) is 10.3 Å². The molecule has 0 saturated heterocycles. The Morgan fingerprint density at radius 1 is 1.20 bits per heavy atom. The summed E-state index contributed by atoms with van der Waals surface area (Å²) in [5, 5.41) is 12.8. The van der Waals surface area contributed by atoms with Gasteiger partial charge in [0.05, 0.1) is 28.9 Å². The van der Waals surface area contributed by atoms with Crippen molar-refractivity contribution in [3.05, 3.63) is 75.2 Å². The number of fused-ring (bicyclic) bond motifs is 1. The molecule has 10 nitrogen and oxygen atoms in total. The number of amides is 1. The smallest absolute Gasteiger partial charge is 0.295 e. The Balaban J connectivity index is 1.63. The van der Waals surface area contributed by atoms with Gasteiger partial charge in [-0.3, -0.25) is 14.3 Å². The van der Waals surface area contributed by atoms with Crippen molar-refractivity contribution in [1.82, 2.24) is 14.3 Å². The van der Waals surface area contributed by atoms with Crippen molar-refractivity contribution < 1.29 is 9.21 Å². The molecule has 0 bridgehead atoms. The van der Waals surface area contributed by atoms with E-state index in [1.54, 1.807) is 42.9 Å². The number of furan rings is 1. The lowest BCUT2D eigenvalue weighted by molar-refractivity contribution is 0.103. The molecular weight excluding hydrogens is 466 g/mol. The molecule has 0 atom stereocenters. The molecule has 0 saturated carbocycles. The van der Waals surface area contributed by atoms with Crippen molar-refractivity contribution >= 4 is 44.7 Å². The minimum Gasteiger partial charge on any atom is -0.464 e. The molecular formula is C24H19N7O3S. The highest BCUT2D eigenvalue weighted by molar-refractivity contribution is 7.21. The number of aromatic nitrogens is 3. The minimum absolute atomic E-state index is 0.00394. The number of nitrogen functional groups attached to an aromatic ring is 2. The first-order valence-corrected chi connectivity index (χ1v) is 11.3. The zero-order chi connectivity index (χ0) is 24.9. The standard InChI is InChI=1S/C24H19N7O3S/c1-12-19(24(33)31(30(12)2)13-7-4-3-5-8-13)28-22(32)20-18(26)17-16(15-9-6-10-34-15)14(11-25)21(27)29-23(17)35-20/h3-10H,26H2,1-2H3,(H2,27,29)(H,28,32). The van der Waals surface area contributed by atoms with Gasteiger partial charge in [-0.25, -0.2) is 9.67 Å². The van der Waals surface area contributed by atoms with Crippen LogP contribution in [0.5, 0.6) is 0 Å². The van der Waals surface area contributed by atoms with Gasteiger partial charge in [0.2, 0.25) is 0 Å². The van der Waals surface area contributed by atoms with E-state index in [-0.39, 0.29) is 33.2 Å². The molecule has 0 aliphatic carbocycles. The molecule has 1 aromatic carbocycles. The van der Waals surface area contributed by atoms with E-state index in [0.717, 1.165) is 11.3 Å². The molecule has 4 aromatic heterocycles. The second kappa shape index (κ2) is 8.19. The fourth-order valence-electron chi connectivity index (χ4n) is 4.00. The van der Waals surface area contributed by atoms with E-state index in [1.807, 2.05) is 24.3 Å². The molecule has 11 heteroatoms. The second-order valence-electron chi connectivity index (χ2n) is 7.75. The number of nitrogens with one attached hydrogen (secondary N) is 1. The maximum Gasteiger partial charge on any atom is 0.295 e. The fraction of sp³-hybridized carbons (Fsp3) is 0.0833. The Labute approximate surface area is 202 Å². The van der Waals surface area contributed by atoms with Crippen LogP contribution in [0.4, 0.5) is 17.2 Å². The van der Waals surface area contributed by atoms with Crippen LogP contribution < -0.4 is 22.3 Å². The Morgan fingerprint density at radius 2 is 1.94 bits per heavy atom. The van der Waals surface area contributed by atoms with Crippen molar-refractivity contribution in [1.29, 1.82) is 5.26 Å². The van der Waals surface area contributed by atoms with Gasteiger partial charge >= 0.3 is 0 Å². The lowest BCUT2D eigenvalue weighted by Crippen LogP contribution is -2.22. The van der Waals surface area contributed by atoms with Crippen LogP contribution in [0, 0.1) is 18.3 Å². The molecule has 5 rings (SSSR count). The first kappa shape index (κ1) is 22.0. The van der Waals surface area contributed by atoms with Crippen LogP contribution in [-0.2, 0) is 7.05 Å². The number of hydrogen-bond donors (Lipinski definition) is 3. The van der Waals surface area contributed by atoms with Crippen LogP contribution >= 0.6 is 11.3 Å². The van der Waals surface area contributed by atoms with E-state index in [9.17, 15) is 14.9 Å². The maximum absolute atomic E-state index is 13.3. The van der Waals surface area contributed by atoms with Crippen molar-refractivity contribution in [2.45, 2.75) is 6.92 Å². The van der Waals surface area contributed by atoms with Gasteiger partial charge in [0.15, 0.2) is 0 Å². The summed E-state index contributed by atoms with van der Waals surface area (Å²) in [6.07, 6.45) is 1.46. The average Bonchev–Trinajstić information content (AvgIpc) is 3.54. The molecule has 0 spiro atoms. The number of anilines is 3. The number of thiophene rings is 1. The summed E-state index contributed by atoms with van der Waals surface area (Å²) >= 11 is 1.02. The molecule has 5 aromatic rings. The molecule has 0 fully saturated rings. The lowest BCUT2D eigenvalue weighted by atomic mass is 10.0. The van der Waals surface area contributed by atoms with Crippen molar-refractivity contribution in [3.63, 3.8) is 0 Å². The highest BCUT2D eigenvalue weighted by atomic mass is 32.1. The normalized spacial score (nSPS) is 11.0. The van der Waals surface area contributed by atoms with Crippen LogP contribution in [0.1, 0.15) is 20.9 Å². The molecule has 35 heavy (non-hydrogen) atoms. The number of hydrogen-bond acceptors (Lipinski definition) is 8. The molecule has 1 amide bonds. The largest absolute Gasteiger partial charge is 0.464 e. The minimum atomic E-state index is -0.570. The fourth-order valence-corrected chi connectivity index (χ4v) is 5.01. The van der Waals surface area contributed by atoms with E-state index in [4.69, 9.17) is 15.9 Å². The van der Waals surface area contributed by atoms with Gasteiger partial charge < -0.3 is 21.2 Å². The predicted molar refractivity (Wildman–Crippen MR) is 135 cm³/mol. The zero-order valence-corrected chi connectivity index (χ0v) is 19.5. The third-order valence-corrected chi connectivity index (χ3v) is 6.88. The number of benzene rings is 1.